The van der Waals surface area contributed by atoms with Gasteiger partial charge in [0.2, 0.25) is 5.91 Å². The molecule has 0 spiro atoms. The Morgan fingerprint density at radius 2 is 2.18 bits per heavy atom. The number of hydrazone groups is 1. The number of amides is 1. The molecule has 3 N–H and O–H groups in total. The van der Waals surface area contributed by atoms with Crippen LogP contribution >= 0.6 is 11.8 Å². The summed E-state index contributed by atoms with van der Waals surface area (Å²) in [5.74, 6) is 5.89. The van der Waals surface area contributed by atoms with Gasteiger partial charge in [-0.3, -0.25) is 4.79 Å². The van der Waals surface area contributed by atoms with E-state index in [-0.39, 0.29) is 11.2 Å². The molecule has 17 heavy (non-hydrogen) atoms. The first-order chi connectivity index (χ1) is 8.22. The van der Waals surface area contributed by atoms with Gasteiger partial charge in [-0.15, -0.1) is 0 Å². The van der Waals surface area contributed by atoms with Crippen molar-refractivity contribution in [3.05, 3.63) is 29.8 Å². The number of ether oxygens (including phenoxy) is 1. The Morgan fingerprint density at radius 1 is 1.47 bits per heavy atom. The summed E-state index contributed by atoms with van der Waals surface area (Å²) in [7, 11) is 1.62. The van der Waals surface area contributed by atoms with Crippen LogP contribution in [0.25, 0.3) is 0 Å². The number of rotatable bonds is 3. The van der Waals surface area contributed by atoms with Crippen LogP contribution in [-0.2, 0) is 11.2 Å². The molecule has 0 aromatic heterocycles. The third kappa shape index (κ3) is 2.71. The molecule has 0 bridgehead atoms. The molecule has 6 heteroatoms. The summed E-state index contributed by atoms with van der Waals surface area (Å²) >= 11 is 1.36. The Morgan fingerprint density at radius 3 is 2.71 bits per heavy atom. The van der Waals surface area contributed by atoms with Gasteiger partial charge < -0.3 is 15.9 Å². The van der Waals surface area contributed by atoms with Gasteiger partial charge in [-0.2, -0.15) is 5.10 Å². The Hall–Kier alpha value is -1.69. The van der Waals surface area contributed by atoms with E-state index >= 15 is 0 Å². The van der Waals surface area contributed by atoms with E-state index in [1.807, 2.05) is 24.3 Å². The summed E-state index contributed by atoms with van der Waals surface area (Å²) in [6, 6.07) is 7.66. The average molecular weight is 251 g/mol. The number of carbonyl (C=O) groups is 1. The first kappa shape index (κ1) is 11.8. The molecule has 5 nitrogen and oxygen atoms in total. The van der Waals surface area contributed by atoms with Crippen LogP contribution in [0.15, 0.2) is 29.4 Å². The molecule has 1 heterocycles. The van der Waals surface area contributed by atoms with Gasteiger partial charge in [0.25, 0.3) is 0 Å². The Balaban J connectivity index is 2.03. The van der Waals surface area contributed by atoms with E-state index in [2.05, 4.69) is 10.4 Å². The fourth-order valence-corrected chi connectivity index (χ4v) is 2.51. The van der Waals surface area contributed by atoms with Gasteiger partial charge in [-0.25, -0.2) is 0 Å². The zero-order valence-electron chi connectivity index (χ0n) is 9.34. The predicted octanol–water partition coefficient (Wildman–Crippen LogP) is 0.699. The van der Waals surface area contributed by atoms with Gasteiger partial charge in [0.15, 0.2) is 5.17 Å². The topological polar surface area (TPSA) is 76.7 Å². The van der Waals surface area contributed by atoms with Gasteiger partial charge in [-0.1, -0.05) is 23.9 Å². The van der Waals surface area contributed by atoms with Crippen molar-refractivity contribution in [1.82, 2.24) is 5.32 Å². The molecule has 1 aromatic rings. The second-order valence-electron chi connectivity index (χ2n) is 3.58. The zero-order chi connectivity index (χ0) is 12.3. The predicted molar refractivity (Wildman–Crippen MR) is 67.8 cm³/mol. The van der Waals surface area contributed by atoms with E-state index in [1.54, 1.807) is 7.11 Å². The van der Waals surface area contributed by atoms with Gasteiger partial charge >= 0.3 is 0 Å². The highest BCUT2D eigenvalue weighted by Gasteiger charge is 2.30. The fourth-order valence-electron chi connectivity index (χ4n) is 1.58. The number of hydrogen-bond acceptors (Lipinski definition) is 5. The standard InChI is InChI=1S/C11H13N3O2S/c1-16-8-4-2-7(3-5-8)6-9-10(15)13-11(14-12)17-9/h2-5,9H,6,12H2,1H3,(H,13,14,15)/t9-/m0/s1. The number of amidine groups is 1. The van der Waals surface area contributed by atoms with Crippen molar-refractivity contribution in [2.45, 2.75) is 11.7 Å². The number of nitrogens with two attached hydrogens (primary N) is 1. The number of nitrogens with zero attached hydrogens (tertiary/aromatic N) is 1. The van der Waals surface area contributed by atoms with Crippen LogP contribution in [-0.4, -0.2) is 23.4 Å². The van der Waals surface area contributed by atoms with Gasteiger partial charge in [0, 0.05) is 0 Å². The van der Waals surface area contributed by atoms with E-state index < -0.39 is 0 Å². The quantitative estimate of drug-likeness (QED) is 0.612. The molecule has 1 aliphatic rings. The number of hydrogen-bond donors (Lipinski definition) is 2. The summed E-state index contributed by atoms with van der Waals surface area (Å²) < 4.78 is 5.07. The Labute approximate surface area is 103 Å². The van der Waals surface area contributed by atoms with Crippen LogP contribution in [0.3, 0.4) is 0 Å². The maximum Gasteiger partial charge on any atom is 0.239 e. The lowest BCUT2D eigenvalue weighted by Crippen LogP contribution is -2.26. The van der Waals surface area contributed by atoms with E-state index in [4.69, 9.17) is 10.6 Å². The van der Waals surface area contributed by atoms with Crippen LogP contribution in [0, 0.1) is 0 Å². The van der Waals surface area contributed by atoms with E-state index in [0.29, 0.717) is 11.6 Å². The second kappa shape index (κ2) is 5.09. The van der Waals surface area contributed by atoms with Crippen LogP contribution in [0.2, 0.25) is 0 Å². The Kier molecular flexibility index (Phi) is 3.53. The van der Waals surface area contributed by atoms with Crippen molar-refractivity contribution in [3.8, 4) is 5.75 Å². The van der Waals surface area contributed by atoms with Crippen molar-refractivity contribution in [2.75, 3.05) is 7.11 Å². The molecule has 0 aliphatic carbocycles. The van der Waals surface area contributed by atoms with Crippen LogP contribution in [0.4, 0.5) is 0 Å². The molecule has 2 rings (SSSR count). The molecule has 1 aliphatic heterocycles. The van der Waals surface area contributed by atoms with Gasteiger partial charge in [-0.05, 0) is 24.1 Å². The fraction of sp³-hybridized carbons (Fsp3) is 0.273. The van der Waals surface area contributed by atoms with Gasteiger partial charge in [0.05, 0.1) is 12.4 Å². The van der Waals surface area contributed by atoms with E-state index in [9.17, 15) is 4.79 Å². The minimum absolute atomic E-state index is 0.0463. The summed E-state index contributed by atoms with van der Waals surface area (Å²) in [6.45, 7) is 0. The highest BCUT2D eigenvalue weighted by atomic mass is 32.2. The third-order valence-corrected chi connectivity index (χ3v) is 3.57. The Bertz CT molecular complexity index is 445. The van der Waals surface area contributed by atoms with Crippen molar-refractivity contribution in [1.29, 1.82) is 0 Å². The van der Waals surface area contributed by atoms with E-state index in [1.165, 1.54) is 11.8 Å². The summed E-state index contributed by atoms with van der Waals surface area (Å²) in [5.41, 5.74) is 1.08. The molecular formula is C11H13N3O2S. The number of benzene rings is 1. The first-order valence-electron chi connectivity index (χ1n) is 5.11. The molecule has 1 atom stereocenters. The minimum atomic E-state index is -0.161. The third-order valence-electron chi connectivity index (χ3n) is 2.47. The second-order valence-corrected chi connectivity index (χ2v) is 4.77. The number of thioether (sulfide) groups is 1. The molecule has 1 saturated heterocycles. The lowest BCUT2D eigenvalue weighted by atomic mass is 10.1. The van der Waals surface area contributed by atoms with Gasteiger partial charge in [0.1, 0.15) is 5.75 Å². The minimum Gasteiger partial charge on any atom is -0.497 e. The molecule has 1 amide bonds. The van der Waals surface area contributed by atoms with Crippen LogP contribution in [0.5, 0.6) is 5.75 Å². The highest BCUT2D eigenvalue weighted by molar-refractivity contribution is 8.15. The van der Waals surface area contributed by atoms with Crippen molar-refractivity contribution in [3.63, 3.8) is 0 Å². The number of nitrogens with one attached hydrogen (secondary N) is 1. The van der Waals surface area contributed by atoms with Crippen LogP contribution < -0.4 is 15.9 Å². The lowest BCUT2D eigenvalue weighted by Gasteiger charge is -2.06. The SMILES string of the molecule is COc1ccc(C[C@@H]2S/C(=N/N)NC2=O)cc1. The summed E-state index contributed by atoms with van der Waals surface area (Å²) in [5, 5.41) is 6.42. The lowest BCUT2D eigenvalue weighted by molar-refractivity contribution is -0.118. The molecule has 1 aromatic carbocycles. The summed E-state index contributed by atoms with van der Waals surface area (Å²) in [4.78, 5) is 11.6. The number of carbonyl (C=O) groups excluding carboxylic acids is 1. The molecule has 0 saturated carbocycles. The molecule has 1 fully saturated rings. The largest absolute Gasteiger partial charge is 0.497 e. The van der Waals surface area contributed by atoms with E-state index in [0.717, 1.165) is 11.3 Å². The molecule has 90 valence electrons. The highest BCUT2D eigenvalue weighted by Crippen LogP contribution is 2.23. The van der Waals surface area contributed by atoms with Crippen LogP contribution in [0.1, 0.15) is 5.56 Å². The zero-order valence-corrected chi connectivity index (χ0v) is 10.2. The smallest absolute Gasteiger partial charge is 0.239 e. The van der Waals surface area contributed by atoms with Crippen molar-refractivity contribution < 1.29 is 9.53 Å². The summed E-state index contributed by atoms with van der Waals surface area (Å²) in [6.07, 6.45) is 0.652. The molecule has 0 radical (unpaired) electrons. The first-order valence-corrected chi connectivity index (χ1v) is 5.99. The monoisotopic (exact) mass is 251 g/mol. The van der Waals surface area contributed by atoms with Crippen molar-refractivity contribution >= 4 is 22.8 Å². The maximum absolute atomic E-state index is 11.6. The number of methoxy groups -OCH3 is 1. The molecular weight excluding hydrogens is 238 g/mol. The average Bonchev–Trinajstić information content (AvgIpc) is 2.71. The normalized spacial score (nSPS) is 21.6. The molecule has 0 unspecified atom stereocenters. The maximum atomic E-state index is 11.6. The van der Waals surface area contributed by atoms with Crippen molar-refractivity contribution in [2.24, 2.45) is 10.9 Å².